The highest BCUT2D eigenvalue weighted by Gasteiger charge is 2.28. The highest BCUT2D eigenvalue weighted by molar-refractivity contribution is 7.80. The maximum Gasteiger partial charge on any atom is 0.232 e. The molecule has 0 radical (unpaired) electrons. The minimum atomic E-state index is 0.222. The number of benzene rings is 1. The normalized spacial score (nSPS) is 19.1. The SMILES string of the molecule is CCNC(=S)N(Cc1c(-c2ccccc2)noc1N1CCCCC1)C[C@H]1CCCO1. The summed E-state index contributed by atoms with van der Waals surface area (Å²) >= 11 is 5.74. The Kier molecular flexibility index (Phi) is 7.23. The Morgan fingerprint density at radius 3 is 2.70 bits per heavy atom. The maximum atomic E-state index is 5.95. The van der Waals surface area contributed by atoms with E-state index in [-0.39, 0.29) is 6.10 Å². The van der Waals surface area contributed by atoms with E-state index in [0.717, 1.165) is 73.4 Å². The van der Waals surface area contributed by atoms with E-state index in [4.69, 9.17) is 21.5 Å². The largest absolute Gasteiger partial charge is 0.376 e. The molecule has 2 saturated heterocycles. The Balaban J connectivity index is 1.66. The molecule has 1 aromatic heterocycles. The fraction of sp³-hybridized carbons (Fsp3) is 0.565. The molecule has 0 amide bonds. The van der Waals surface area contributed by atoms with Crippen molar-refractivity contribution in [3.05, 3.63) is 35.9 Å². The van der Waals surface area contributed by atoms with Crippen molar-refractivity contribution < 1.29 is 9.26 Å². The summed E-state index contributed by atoms with van der Waals surface area (Å²) in [5.74, 6) is 0.894. The summed E-state index contributed by atoms with van der Waals surface area (Å²) < 4.78 is 11.9. The Hall–Kier alpha value is -2.12. The first-order valence-electron chi connectivity index (χ1n) is 11.2. The van der Waals surface area contributed by atoms with Crippen molar-refractivity contribution in [1.82, 2.24) is 15.4 Å². The molecule has 1 atom stereocenters. The van der Waals surface area contributed by atoms with E-state index in [2.05, 4.69) is 39.3 Å². The molecular formula is C23H32N4O2S. The lowest BCUT2D eigenvalue weighted by Crippen LogP contribution is -2.43. The molecule has 6 nitrogen and oxygen atoms in total. The summed E-state index contributed by atoms with van der Waals surface area (Å²) in [6.07, 6.45) is 6.08. The summed E-state index contributed by atoms with van der Waals surface area (Å²) in [6.45, 7) is 7.18. The molecule has 2 aromatic rings. The Bertz CT molecular complexity index is 814. The minimum absolute atomic E-state index is 0.222. The fourth-order valence-electron chi connectivity index (χ4n) is 4.32. The average Bonchev–Trinajstić information content (AvgIpc) is 3.45. The molecule has 0 unspecified atom stereocenters. The molecule has 4 rings (SSSR count). The molecular weight excluding hydrogens is 396 g/mol. The molecule has 30 heavy (non-hydrogen) atoms. The standard InChI is InChI=1S/C23H32N4O2S/c1-2-24-23(30)27(16-19-12-9-15-28-19)17-20-21(18-10-5-3-6-11-18)25-29-22(20)26-13-7-4-8-14-26/h3,5-6,10-11,19H,2,4,7-9,12-17H2,1H3,(H,24,30)/t19-/m1/s1. The topological polar surface area (TPSA) is 53.8 Å². The summed E-state index contributed by atoms with van der Waals surface area (Å²) in [7, 11) is 0. The van der Waals surface area contributed by atoms with Crippen LogP contribution in [0, 0.1) is 0 Å². The van der Waals surface area contributed by atoms with Gasteiger partial charge in [0.1, 0.15) is 5.69 Å². The molecule has 7 heteroatoms. The number of nitrogens with zero attached hydrogens (tertiary/aromatic N) is 3. The monoisotopic (exact) mass is 428 g/mol. The molecule has 2 fully saturated rings. The van der Waals surface area contributed by atoms with Gasteiger partial charge in [0.25, 0.3) is 0 Å². The van der Waals surface area contributed by atoms with Gasteiger partial charge in [-0.1, -0.05) is 35.5 Å². The van der Waals surface area contributed by atoms with Crippen LogP contribution in [0.25, 0.3) is 11.3 Å². The van der Waals surface area contributed by atoms with Gasteiger partial charge in [-0.15, -0.1) is 0 Å². The third kappa shape index (κ3) is 4.95. The quantitative estimate of drug-likeness (QED) is 0.663. The highest BCUT2D eigenvalue weighted by atomic mass is 32.1. The highest BCUT2D eigenvalue weighted by Crippen LogP contribution is 2.34. The van der Waals surface area contributed by atoms with Crippen LogP contribution < -0.4 is 10.2 Å². The van der Waals surface area contributed by atoms with Gasteiger partial charge in [0, 0.05) is 38.3 Å². The van der Waals surface area contributed by atoms with Crippen molar-refractivity contribution in [2.45, 2.75) is 51.7 Å². The lowest BCUT2D eigenvalue weighted by molar-refractivity contribution is 0.0898. The second-order valence-corrected chi connectivity index (χ2v) is 8.47. The van der Waals surface area contributed by atoms with Crippen molar-refractivity contribution in [3.63, 3.8) is 0 Å². The molecule has 1 aromatic carbocycles. The van der Waals surface area contributed by atoms with Crippen molar-refractivity contribution in [3.8, 4) is 11.3 Å². The van der Waals surface area contributed by atoms with Crippen molar-refractivity contribution in [1.29, 1.82) is 0 Å². The van der Waals surface area contributed by atoms with E-state index in [0.29, 0.717) is 6.54 Å². The minimum Gasteiger partial charge on any atom is -0.376 e. The van der Waals surface area contributed by atoms with Gasteiger partial charge in [0.2, 0.25) is 5.88 Å². The fourth-order valence-corrected chi connectivity index (χ4v) is 4.60. The van der Waals surface area contributed by atoms with Gasteiger partial charge in [0.15, 0.2) is 5.11 Å². The molecule has 0 spiro atoms. The van der Waals surface area contributed by atoms with Crippen molar-refractivity contribution in [2.24, 2.45) is 0 Å². The number of hydrogen-bond donors (Lipinski definition) is 1. The van der Waals surface area contributed by atoms with E-state index in [1.54, 1.807) is 0 Å². The second-order valence-electron chi connectivity index (χ2n) is 8.08. The third-order valence-corrected chi connectivity index (χ3v) is 6.27. The zero-order valence-electron chi connectivity index (χ0n) is 17.8. The summed E-state index contributed by atoms with van der Waals surface area (Å²) in [5, 5.41) is 8.60. The van der Waals surface area contributed by atoms with Crippen LogP contribution in [0.4, 0.5) is 5.88 Å². The maximum absolute atomic E-state index is 5.95. The number of rotatable bonds is 7. The van der Waals surface area contributed by atoms with E-state index in [9.17, 15) is 0 Å². The van der Waals surface area contributed by atoms with Gasteiger partial charge in [-0.2, -0.15) is 0 Å². The van der Waals surface area contributed by atoms with E-state index >= 15 is 0 Å². The Labute approximate surface area is 184 Å². The van der Waals surface area contributed by atoms with Gasteiger partial charge in [0.05, 0.1) is 18.2 Å². The van der Waals surface area contributed by atoms with Crippen molar-refractivity contribution in [2.75, 3.05) is 37.7 Å². The van der Waals surface area contributed by atoms with Crippen LogP contribution in [-0.4, -0.2) is 54.1 Å². The molecule has 0 saturated carbocycles. The van der Waals surface area contributed by atoms with Crippen LogP contribution in [0.15, 0.2) is 34.9 Å². The van der Waals surface area contributed by atoms with Gasteiger partial charge >= 0.3 is 0 Å². The predicted octanol–water partition coefficient (Wildman–Crippen LogP) is 4.21. The number of aromatic nitrogens is 1. The number of anilines is 1. The third-order valence-electron chi connectivity index (χ3n) is 5.87. The van der Waals surface area contributed by atoms with E-state index < -0.39 is 0 Å². The molecule has 3 heterocycles. The molecule has 2 aliphatic heterocycles. The molecule has 2 aliphatic rings. The number of ether oxygens (including phenoxy) is 1. The number of nitrogens with one attached hydrogen (secondary N) is 1. The van der Waals surface area contributed by atoms with Crippen LogP contribution in [0.2, 0.25) is 0 Å². The molecule has 0 aliphatic carbocycles. The molecule has 1 N–H and O–H groups in total. The van der Waals surface area contributed by atoms with Crippen molar-refractivity contribution >= 4 is 23.2 Å². The van der Waals surface area contributed by atoms with Crippen LogP contribution in [-0.2, 0) is 11.3 Å². The van der Waals surface area contributed by atoms with Crippen LogP contribution in [0.3, 0.4) is 0 Å². The van der Waals surface area contributed by atoms with Crippen LogP contribution >= 0.6 is 12.2 Å². The zero-order valence-corrected chi connectivity index (χ0v) is 18.6. The average molecular weight is 429 g/mol. The van der Waals surface area contributed by atoms with Gasteiger partial charge < -0.3 is 24.4 Å². The van der Waals surface area contributed by atoms with Gasteiger partial charge in [-0.25, -0.2) is 0 Å². The van der Waals surface area contributed by atoms with Crippen LogP contribution in [0.1, 0.15) is 44.6 Å². The van der Waals surface area contributed by atoms with Crippen LogP contribution in [0.5, 0.6) is 0 Å². The summed E-state index contributed by atoms with van der Waals surface area (Å²) in [4.78, 5) is 4.57. The predicted molar refractivity (Wildman–Crippen MR) is 124 cm³/mol. The first-order chi connectivity index (χ1) is 14.8. The smallest absolute Gasteiger partial charge is 0.232 e. The number of thiocarbonyl (C=S) groups is 1. The number of hydrogen-bond acceptors (Lipinski definition) is 5. The lowest BCUT2D eigenvalue weighted by atomic mass is 10.1. The first kappa shape index (κ1) is 21.1. The molecule has 162 valence electrons. The Morgan fingerprint density at radius 1 is 1.20 bits per heavy atom. The lowest BCUT2D eigenvalue weighted by Gasteiger charge is -2.30. The van der Waals surface area contributed by atoms with Gasteiger partial charge in [-0.3, -0.25) is 0 Å². The second kappa shape index (κ2) is 10.3. The molecule has 0 bridgehead atoms. The number of piperidine rings is 1. The van der Waals surface area contributed by atoms with E-state index in [1.165, 1.54) is 19.3 Å². The Morgan fingerprint density at radius 2 is 2.00 bits per heavy atom. The van der Waals surface area contributed by atoms with Gasteiger partial charge in [-0.05, 0) is 51.2 Å². The van der Waals surface area contributed by atoms with E-state index in [1.807, 2.05) is 18.2 Å². The zero-order chi connectivity index (χ0) is 20.8. The summed E-state index contributed by atoms with van der Waals surface area (Å²) in [5.41, 5.74) is 3.10. The first-order valence-corrected chi connectivity index (χ1v) is 11.6. The summed E-state index contributed by atoms with van der Waals surface area (Å²) in [6, 6.07) is 10.3.